The van der Waals surface area contributed by atoms with Crippen LogP contribution in [0.4, 0.5) is 5.69 Å². The van der Waals surface area contributed by atoms with Crippen LogP contribution in [0.1, 0.15) is 35.7 Å². The van der Waals surface area contributed by atoms with Crippen LogP contribution in [-0.4, -0.2) is 22.8 Å². The minimum absolute atomic E-state index is 0.000869. The lowest BCUT2D eigenvalue weighted by molar-refractivity contribution is -0.385. The minimum Gasteiger partial charge on any atom is -0.457 e. The maximum atomic E-state index is 12.5. The average Bonchev–Trinajstić information content (AvgIpc) is 2.91. The largest absolute Gasteiger partial charge is 0.457 e. The van der Waals surface area contributed by atoms with E-state index in [0.717, 1.165) is 5.56 Å². The fraction of sp³-hybridized carbons (Fsp3) is 0.263. The normalized spacial score (nSPS) is 22.6. The third kappa shape index (κ3) is 2.91. The Balaban J connectivity index is 1.91. The van der Waals surface area contributed by atoms with E-state index in [4.69, 9.17) is 4.74 Å². The highest BCUT2D eigenvalue weighted by Crippen LogP contribution is 2.40. The van der Waals surface area contributed by atoms with Crippen LogP contribution in [0.2, 0.25) is 0 Å². The highest BCUT2D eigenvalue weighted by molar-refractivity contribution is 5.96. The van der Waals surface area contributed by atoms with Gasteiger partial charge in [0.05, 0.1) is 10.3 Å². The number of ether oxygens (including phenoxy) is 1. The van der Waals surface area contributed by atoms with Crippen LogP contribution in [0.15, 0.2) is 54.6 Å². The third-order valence-electron chi connectivity index (χ3n) is 4.80. The predicted octanol–water partition coefficient (Wildman–Crippen LogP) is 3.44. The van der Waals surface area contributed by atoms with Gasteiger partial charge in [-0.15, -0.1) is 0 Å². The molecule has 1 saturated carbocycles. The SMILES string of the molecule is C[C@@]1(c2ccccc2)C(=O)CC[C@@H]1OC(=O)c1ccccc1[N+](=O)[O-]. The Hall–Kier alpha value is -3.02. The lowest BCUT2D eigenvalue weighted by Gasteiger charge is -2.30. The van der Waals surface area contributed by atoms with Gasteiger partial charge in [-0.05, 0) is 25.0 Å². The van der Waals surface area contributed by atoms with E-state index in [1.54, 1.807) is 13.0 Å². The molecule has 1 aliphatic rings. The van der Waals surface area contributed by atoms with Crippen molar-refractivity contribution in [2.45, 2.75) is 31.3 Å². The third-order valence-corrected chi connectivity index (χ3v) is 4.80. The summed E-state index contributed by atoms with van der Waals surface area (Å²) in [6.07, 6.45) is 0.0475. The summed E-state index contributed by atoms with van der Waals surface area (Å²) in [5, 5.41) is 11.1. The van der Waals surface area contributed by atoms with Crippen molar-refractivity contribution >= 4 is 17.4 Å². The van der Waals surface area contributed by atoms with Crippen LogP contribution in [0.5, 0.6) is 0 Å². The van der Waals surface area contributed by atoms with Gasteiger partial charge in [-0.3, -0.25) is 14.9 Å². The highest BCUT2D eigenvalue weighted by atomic mass is 16.6. The Morgan fingerprint density at radius 1 is 1.16 bits per heavy atom. The lowest BCUT2D eigenvalue weighted by atomic mass is 9.78. The van der Waals surface area contributed by atoms with Crippen molar-refractivity contribution in [3.63, 3.8) is 0 Å². The van der Waals surface area contributed by atoms with Crippen molar-refractivity contribution in [3.05, 3.63) is 75.8 Å². The monoisotopic (exact) mass is 339 g/mol. The molecule has 0 spiro atoms. The van der Waals surface area contributed by atoms with E-state index in [1.807, 2.05) is 30.3 Å². The number of nitro groups is 1. The predicted molar refractivity (Wildman–Crippen MR) is 90.3 cm³/mol. The summed E-state index contributed by atoms with van der Waals surface area (Å²) in [5.74, 6) is -0.784. The molecule has 3 rings (SSSR count). The number of ketones is 1. The van der Waals surface area contributed by atoms with E-state index >= 15 is 0 Å². The van der Waals surface area contributed by atoms with Crippen molar-refractivity contribution in [1.29, 1.82) is 0 Å². The number of nitrogens with zero attached hydrogens (tertiary/aromatic N) is 1. The van der Waals surface area contributed by atoms with Gasteiger partial charge in [0.2, 0.25) is 0 Å². The molecular weight excluding hydrogens is 322 g/mol. The maximum Gasteiger partial charge on any atom is 0.345 e. The van der Waals surface area contributed by atoms with Crippen LogP contribution < -0.4 is 0 Å². The zero-order valence-corrected chi connectivity index (χ0v) is 13.7. The number of benzene rings is 2. The number of para-hydroxylation sites is 1. The van der Waals surface area contributed by atoms with Crippen molar-refractivity contribution in [2.75, 3.05) is 0 Å². The van der Waals surface area contributed by atoms with Crippen LogP contribution in [0, 0.1) is 10.1 Å². The van der Waals surface area contributed by atoms with Gasteiger partial charge in [-0.1, -0.05) is 42.5 Å². The molecule has 0 aromatic heterocycles. The number of nitro benzene ring substituents is 1. The molecular formula is C19H17NO5. The van der Waals surface area contributed by atoms with E-state index in [0.29, 0.717) is 12.8 Å². The first-order chi connectivity index (χ1) is 11.9. The lowest BCUT2D eigenvalue weighted by Crippen LogP contribution is -2.40. The Kier molecular flexibility index (Phi) is 4.35. The molecule has 1 fully saturated rings. The van der Waals surface area contributed by atoms with E-state index in [-0.39, 0.29) is 17.0 Å². The molecule has 1 aliphatic carbocycles. The Morgan fingerprint density at radius 3 is 2.48 bits per heavy atom. The number of Topliss-reactive ketones (excluding diaryl/α,β-unsaturated/α-hetero) is 1. The Morgan fingerprint density at radius 2 is 1.80 bits per heavy atom. The van der Waals surface area contributed by atoms with E-state index < -0.39 is 22.4 Å². The van der Waals surface area contributed by atoms with E-state index in [1.165, 1.54) is 18.2 Å². The van der Waals surface area contributed by atoms with Gasteiger partial charge < -0.3 is 4.74 Å². The summed E-state index contributed by atoms with van der Waals surface area (Å²) in [6.45, 7) is 1.76. The van der Waals surface area contributed by atoms with E-state index in [2.05, 4.69) is 0 Å². The van der Waals surface area contributed by atoms with Gasteiger partial charge in [0.1, 0.15) is 17.5 Å². The number of esters is 1. The number of carbonyl (C=O) groups excluding carboxylic acids is 2. The van der Waals surface area contributed by atoms with Crippen molar-refractivity contribution in [1.82, 2.24) is 0 Å². The number of hydrogen-bond acceptors (Lipinski definition) is 5. The van der Waals surface area contributed by atoms with Crippen LogP contribution in [0.3, 0.4) is 0 Å². The van der Waals surface area contributed by atoms with Crippen LogP contribution >= 0.6 is 0 Å². The summed E-state index contributed by atoms with van der Waals surface area (Å²) < 4.78 is 5.56. The van der Waals surface area contributed by atoms with Gasteiger partial charge in [0, 0.05) is 12.5 Å². The van der Waals surface area contributed by atoms with Gasteiger partial charge in [0.25, 0.3) is 5.69 Å². The van der Waals surface area contributed by atoms with Crippen molar-refractivity contribution in [2.24, 2.45) is 0 Å². The van der Waals surface area contributed by atoms with Gasteiger partial charge in [0.15, 0.2) is 0 Å². The fourth-order valence-electron chi connectivity index (χ4n) is 3.30. The highest BCUT2D eigenvalue weighted by Gasteiger charge is 2.49. The van der Waals surface area contributed by atoms with E-state index in [9.17, 15) is 19.7 Å². The number of hydrogen-bond donors (Lipinski definition) is 0. The number of rotatable bonds is 4. The van der Waals surface area contributed by atoms with Crippen LogP contribution in [0.25, 0.3) is 0 Å². The molecule has 128 valence electrons. The fourth-order valence-corrected chi connectivity index (χ4v) is 3.30. The second kappa shape index (κ2) is 6.47. The first-order valence-electron chi connectivity index (χ1n) is 7.98. The van der Waals surface area contributed by atoms with Gasteiger partial charge in [-0.25, -0.2) is 4.79 Å². The maximum absolute atomic E-state index is 12.5. The molecule has 0 unspecified atom stereocenters. The molecule has 0 N–H and O–H groups in total. The zero-order valence-electron chi connectivity index (χ0n) is 13.7. The molecule has 2 aromatic rings. The second-order valence-corrected chi connectivity index (χ2v) is 6.20. The molecule has 0 amide bonds. The molecule has 2 aromatic carbocycles. The van der Waals surface area contributed by atoms with Crippen molar-refractivity contribution in [3.8, 4) is 0 Å². The first kappa shape index (κ1) is 16.8. The summed E-state index contributed by atoms with van der Waals surface area (Å²) in [5.41, 5.74) is -0.584. The van der Waals surface area contributed by atoms with Crippen LogP contribution in [-0.2, 0) is 14.9 Å². The molecule has 0 heterocycles. The first-order valence-corrected chi connectivity index (χ1v) is 7.98. The molecule has 0 radical (unpaired) electrons. The average molecular weight is 339 g/mol. The minimum atomic E-state index is -0.944. The molecule has 0 saturated heterocycles. The summed E-state index contributed by atoms with van der Waals surface area (Å²) in [6, 6.07) is 14.8. The Labute approximate surface area is 144 Å². The topological polar surface area (TPSA) is 86.5 Å². The summed E-state index contributed by atoms with van der Waals surface area (Å²) in [4.78, 5) is 35.5. The molecule has 2 atom stereocenters. The quantitative estimate of drug-likeness (QED) is 0.484. The smallest absolute Gasteiger partial charge is 0.345 e. The molecule has 6 nitrogen and oxygen atoms in total. The standard InChI is InChI=1S/C19H17NO5/c1-19(13-7-3-2-4-8-13)16(21)11-12-17(19)25-18(22)14-9-5-6-10-15(14)20(23)24/h2-10,17H,11-12H2,1H3/t17-,19+/m0/s1. The van der Waals surface area contributed by atoms with Gasteiger partial charge >= 0.3 is 5.97 Å². The molecule has 6 heteroatoms. The second-order valence-electron chi connectivity index (χ2n) is 6.20. The zero-order chi connectivity index (χ0) is 18.0. The molecule has 0 bridgehead atoms. The molecule has 25 heavy (non-hydrogen) atoms. The number of carbonyl (C=O) groups is 2. The summed E-state index contributed by atoms with van der Waals surface area (Å²) >= 11 is 0. The van der Waals surface area contributed by atoms with Gasteiger partial charge in [-0.2, -0.15) is 0 Å². The Bertz CT molecular complexity index is 833. The molecule has 0 aliphatic heterocycles. The van der Waals surface area contributed by atoms with Crippen molar-refractivity contribution < 1.29 is 19.2 Å². The summed E-state index contributed by atoms with van der Waals surface area (Å²) in [7, 11) is 0.